The van der Waals surface area contributed by atoms with Crippen molar-refractivity contribution < 1.29 is 2.74 Å². The summed E-state index contributed by atoms with van der Waals surface area (Å²) in [6.07, 6.45) is 0.340. The number of thiophene rings is 1. The van der Waals surface area contributed by atoms with Crippen molar-refractivity contribution in [1.82, 2.24) is 4.98 Å². The maximum atomic E-state index is 8.53. The Morgan fingerprint density at radius 3 is 2.36 bits per heavy atom. The Bertz CT molecular complexity index is 1530. The zero-order chi connectivity index (χ0) is 25.0. The van der Waals surface area contributed by atoms with Gasteiger partial charge in [-0.3, -0.25) is 0 Å². The van der Waals surface area contributed by atoms with E-state index in [0.29, 0.717) is 5.56 Å². The zero-order valence-corrected chi connectivity index (χ0v) is 22.9. The Balaban J connectivity index is 1.60. The molecule has 0 aliphatic rings. The quantitative estimate of drug-likeness (QED) is 0.215. The van der Waals surface area contributed by atoms with Gasteiger partial charge in [0.25, 0.3) is 0 Å². The minimum atomic E-state index is -1.82. The fraction of sp³-hybridized carbons (Fsp3) is 0.233. The normalized spacial score (nSPS) is 13.5. The van der Waals surface area contributed by atoms with Crippen molar-refractivity contribution in [3.8, 4) is 22.4 Å². The molecular weight excluding hydrogens is 479 g/mol. The van der Waals surface area contributed by atoms with Crippen molar-refractivity contribution in [1.29, 1.82) is 0 Å². The molecule has 0 saturated carbocycles. The number of benzene rings is 3. The molecule has 33 heavy (non-hydrogen) atoms. The Hall–Kier alpha value is -2.43. The Morgan fingerprint density at radius 2 is 1.64 bits per heavy atom. The summed E-state index contributed by atoms with van der Waals surface area (Å²) in [6.45, 7) is 3.84. The first kappa shape index (κ1) is 20.0. The van der Waals surface area contributed by atoms with Crippen LogP contribution in [0.25, 0.3) is 42.6 Å². The maximum absolute atomic E-state index is 8.53. The second kappa shape index (κ2) is 8.74. The zero-order valence-electron chi connectivity index (χ0n) is 21.9. The summed E-state index contributed by atoms with van der Waals surface area (Å²) >= 11 is -0.0262. The van der Waals surface area contributed by atoms with Crippen molar-refractivity contribution in [2.24, 2.45) is 5.92 Å². The molecule has 0 aliphatic carbocycles. The van der Waals surface area contributed by atoms with E-state index in [1.807, 2.05) is 19.9 Å². The van der Waals surface area contributed by atoms with Gasteiger partial charge in [-0.15, -0.1) is 0 Å². The van der Waals surface area contributed by atoms with Crippen LogP contribution in [-0.4, -0.2) is 18.3 Å². The SMILES string of the molecule is [2H]C([2H])(c1ccnc(-c2cccc3c2sc2cc(-c4cc[c]([Ge]([CH3])([CH3])[CH3])cc4)ccc23)c1)C(C)C. The number of hydrogen-bond donors (Lipinski definition) is 0. The van der Waals surface area contributed by atoms with Gasteiger partial charge in [0.15, 0.2) is 0 Å². The van der Waals surface area contributed by atoms with Crippen LogP contribution in [0.5, 0.6) is 0 Å². The second-order valence-electron chi connectivity index (χ2n) is 10.1. The molecule has 0 saturated heterocycles. The van der Waals surface area contributed by atoms with E-state index in [9.17, 15) is 0 Å². The number of rotatable bonds is 5. The van der Waals surface area contributed by atoms with E-state index in [2.05, 4.69) is 82.9 Å². The first-order chi connectivity index (χ1) is 16.6. The van der Waals surface area contributed by atoms with Crippen molar-refractivity contribution in [3.63, 3.8) is 0 Å². The van der Waals surface area contributed by atoms with E-state index in [1.165, 1.54) is 35.7 Å². The van der Waals surface area contributed by atoms with E-state index >= 15 is 0 Å². The fourth-order valence-electron chi connectivity index (χ4n) is 4.34. The monoisotopic (exact) mass is 513 g/mol. The number of fused-ring (bicyclic) bond motifs is 3. The van der Waals surface area contributed by atoms with Crippen LogP contribution >= 0.6 is 11.3 Å². The predicted molar refractivity (Wildman–Crippen MR) is 150 cm³/mol. The molecule has 5 aromatic rings. The van der Waals surface area contributed by atoms with Crippen LogP contribution in [0.2, 0.25) is 17.3 Å². The molecule has 3 heteroatoms. The van der Waals surface area contributed by atoms with Crippen molar-refractivity contribution >= 4 is 49.2 Å². The molecule has 0 spiro atoms. The molecular formula is C30H31GeNS. The molecule has 166 valence electrons. The van der Waals surface area contributed by atoms with Gasteiger partial charge in [0.2, 0.25) is 0 Å². The molecule has 5 rings (SSSR count). The van der Waals surface area contributed by atoms with Crippen LogP contribution in [0.1, 0.15) is 22.2 Å². The summed E-state index contributed by atoms with van der Waals surface area (Å²) in [7, 11) is 0. The minimum Gasteiger partial charge on any atom is -0.0625 e. The van der Waals surface area contributed by atoms with Crippen LogP contribution in [0.4, 0.5) is 0 Å². The molecule has 0 bridgehead atoms. The van der Waals surface area contributed by atoms with Gasteiger partial charge in [-0.2, -0.15) is 0 Å². The smallest absolute Gasteiger partial charge is 0.0625 e. The van der Waals surface area contributed by atoms with Gasteiger partial charge in [0.1, 0.15) is 0 Å². The summed E-state index contributed by atoms with van der Waals surface area (Å²) in [5.41, 5.74) is 5.07. The topological polar surface area (TPSA) is 12.9 Å². The molecule has 0 amide bonds. The first-order valence-corrected chi connectivity index (χ1v) is 19.7. The molecule has 2 aromatic heterocycles. The van der Waals surface area contributed by atoms with E-state index in [-0.39, 0.29) is 5.92 Å². The van der Waals surface area contributed by atoms with Gasteiger partial charge in [0, 0.05) is 8.94 Å². The van der Waals surface area contributed by atoms with Gasteiger partial charge >= 0.3 is 161 Å². The second-order valence-corrected chi connectivity index (χ2v) is 21.8. The molecule has 0 atom stereocenters. The number of hydrogen-bond acceptors (Lipinski definition) is 2. The van der Waals surface area contributed by atoms with Crippen molar-refractivity contribution in [2.45, 2.75) is 37.5 Å². The average molecular weight is 512 g/mol. The number of nitrogens with zero attached hydrogens (tertiary/aromatic N) is 1. The molecule has 3 aromatic carbocycles. The van der Waals surface area contributed by atoms with E-state index in [4.69, 9.17) is 2.74 Å². The Kier molecular flexibility index (Phi) is 5.29. The number of pyridine rings is 1. The van der Waals surface area contributed by atoms with Gasteiger partial charge in [-0.1, -0.05) is 13.8 Å². The molecule has 2 heterocycles. The van der Waals surface area contributed by atoms with Crippen LogP contribution in [0, 0.1) is 5.92 Å². The Morgan fingerprint density at radius 1 is 0.879 bits per heavy atom. The molecule has 0 fully saturated rings. The summed E-state index contributed by atoms with van der Waals surface area (Å²) in [4.78, 5) is 4.64. The van der Waals surface area contributed by atoms with Gasteiger partial charge < -0.3 is 0 Å². The molecule has 0 aliphatic heterocycles. The molecule has 0 N–H and O–H groups in total. The fourth-order valence-corrected chi connectivity index (χ4v) is 8.06. The third-order valence-corrected chi connectivity index (χ3v) is 11.6. The number of aromatic nitrogens is 1. The third kappa shape index (κ3) is 4.51. The first-order valence-electron chi connectivity index (χ1n) is 12.6. The van der Waals surface area contributed by atoms with E-state index in [0.717, 1.165) is 11.3 Å². The van der Waals surface area contributed by atoms with E-state index in [1.54, 1.807) is 23.6 Å². The summed E-state index contributed by atoms with van der Waals surface area (Å²) in [6, 6.07) is 26.0. The average Bonchev–Trinajstić information content (AvgIpc) is 3.21. The predicted octanol–water partition coefficient (Wildman–Crippen LogP) is 8.53. The molecule has 0 unspecified atom stereocenters. The summed E-state index contributed by atoms with van der Waals surface area (Å²) in [5, 5.41) is 2.48. The summed E-state index contributed by atoms with van der Waals surface area (Å²) in [5.74, 6) is 7.17. The Labute approximate surface area is 206 Å². The van der Waals surface area contributed by atoms with Crippen LogP contribution in [0.15, 0.2) is 79.0 Å². The van der Waals surface area contributed by atoms with E-state index < -0.39 is 19.6 Å². The summed E-state index contributed by atoms with van der Waals surface area (Å²) < 4.78 is 21.0. The van der Waals surface area contributed by atoms with Crippen molar-refractivity contribution in [2.75, 3.05) is 0 Å². The molecule has 1 nitrogen and oxygen atoms in total. The minimum absolute atomic E-state index is 0.114. The van der Waals surface area contributed by atoms with Gasteiger partial charge in [-0.05, 0) is 23.9 Å². The van der Waals surface area contributed by atoms with Crippen LogP contribution in [-0.2, 0) is 6.37 Å². The standard InChI is InChI=1S/C30H31GeNS/c1-20(2)17-21-15-16-32-28(18-21)27-8-6-7-26-25-14-11-23(19-29(25)33-30(26)27)22-9-12-24(13-10-22)31(3,4)5/h6-16,18-20H,17H2,1-5H3/i17D2. The third-order valence-electron chi connectivity index (χ3n) is 6.07. The van der Waals surface area contributed by atoms with Gasteiger partial charge in [0.05, 0.1) is 0 Å². The van der Waals surface area contributed by atoms with Crippen LogP contribution in [0.3, 0.4) is 0 Å². The van der Waals surface area contributed by atoms with Gasteiger partial charge in [-0.25, -0.2) is 0 Å². The van der Waals surface area contributed by atoms with Crippen molar-refractivity contribution in [3.05, 3.63) is 84.6 Å². The van der Waals surface area contributed by atoms with Crippen LogP contribution < -0.4 is 4.40 Å². The molecule has 0 radical (unpaired) electrons.